The van der Waals surface area contributed by atoms with Gasteiger partial charge < -0.3 is 4.90 Å². The Bertz CT molecular complexity index is 692. The number of nitrogens with one attached hydrogen (secondary N) is 1. The zero-order valence-corrected chi connectivity index (χ0v) is 13.5. The molecule has 1 aliphatic heterocycles. The summed E-state index contributed by atoms with van der Waals surface area (Å²) >= 11 is 0. The second kappa shape index (κ2) is 6.34. The average molecular weight is 309 g/mol. The summed E-state index contributed by atoms with van der Waals surface area (Å²) in [7, 11) is 2.02. The van der Waals surface area contributed by atoms with Crippen molar-refractivity contribution in [3.05, 3.63) is 71.3 Å². The molecule has 0 spiro atoms. The van der Waals surface area contributed by atoms with E-state index in [-0.39, 0.29) is 11.8 Å². The van der Waals surface area contributed by atoms with Crippen molar-refractivity contribution in [2.24, 2.45) is 0 Å². The summed E-state index contributed by atoms with van der Waals surface area (Å²) < 4.78 is 0. The molecule has 0 aromatic heterocycles. The molecule has 2 amide bonds. The number of hydrogen-bond acceptors (Lipinski definition) is 2. The van der Waals surface area contributed by atoms with Gasteiger partial charge in [0.25, 0.3) is 11.8 Å². The third kappa shape index (κ3) is 3.03. The molecule has 0 fully saturated rings. The quantitative estimate of drug-likeness (QED) is 0.848. The van der Waals surface area contributed by atoms with Crippen molar-refractivity contribution in [2.45, 2.75) is 19.4 Å². The Kier molecular flexibility index (Phi) is 4.26. The third-order valence-electron chi connectivity index (χ3n) is 4.51. The molecule has 1 N–H and O–H groups in total. The lowest BCUT2D eigenvalue weighted by atomic mass is 10.1. The number of nitrogens with zero attached hydrogens (tertiary/aromatic N) is 1. The molecule has 0 aliphatic carbocycles. The van der Waals surface area contributed by atoms with Gasteiger partial charge in [0.05, 0.1) is 24.2 Å². The highest BCUT2D eigenvalue weighted by atomic mass is 16.2. The van der Waals surface area contributed by atoms with Gasteiger partial charge in [-0.25, -0.2) is 4.90 Å². The predicted octanol–water partition coefficient (Wildman–Crippen LogP) is 1.39. The van der Waals surface area contributed by atoms with E-state index in [1.165, 1.54) is 10.5 Å². The summed E-state index contributed by atoms with van der Waals surface area (Å²) in [5.74, 6) is -0.367. The molecule has 4 heteroatoms. The predicted molar refractivity (Wildman–Crippen MR) is 88.3 cm³/mol. The summed E-state index contributed by atoms with van der Waals surface area (Å²) in [5.41, 5.74) is 2.30. The molecular formula is C19H21N2O2+. The van der Waals surface area contributed by atoms with Crippen LogP contribution in [0, 0.1) is 0 Å². The first kappa shape index (κ1) is 15.4. The maximum Gasteiger partial charge on any atom is 0.265 e. The molecule has 2 atom stereocenters. The average Bonchev–Trinajstić information content (AvgIpc) is 2.81. The first-order chi connectivity index (χ1) is 11.1. The standard InChI is InChI=1S/C19H20N2O2/c1-14(12-15-8-4-3-5-9-15)20(2)13-21-18(22)16-10-6-7-11-17(16)19(21)23/h3-11,14H,12-13H2,1-2H3/p+1/t14-/m0/s1. The van der Waals surface area contributed by atoms with Crippen LogP contribution in [0.25, 0.3) is 0 Å². The van der Waals surface area contributed by atoms with Crippen LogP contribution >= 0.6 is 0 Å². The van der Waals surface area contributed by atoms with Gasteiger partial charge in [0.1, 0.15) is 0 Å². The Hall–Kier alpha value is -2.46. The van der Waals surface area contributed by atoms with Crippen LogP contribution in [-0.4, -0.2) is 36.5 Å². The molecule has 1 aliphatic rings. The van der Waals surface area contributed by atoms with Crippen molar-refractivity contribution < 1.29 is 14.5 Å². The molecule has 23 heavy (non-hydrogen) atoms. The number of likely N-dealkylation sites (N-methyl/N-ethyl adjacent to an activating group) is 1. The van der Waals surface area contributed by atoms with E-state index in [0.29, 0.717) is 23.8 Å². The lowest BCUT2D eigenvalue weighted by Crippen LogP contribution is -3.14. The second-order valence-corrected chi connectivity index (χ2v) is 6.18. The molecule has 118 valence electrons. The van der Waals surface area contributed by atoms with Gasteiger partial charge >= 0.3 is 0 Å². The van der Waals surface area contributed by atoms with Gasteiger partial charge in [0, 0.05) is 6.42 Å². The highest BCUT2D eigenvalue weighted by Gasteiger charge is 2.37. The first-order valence-electron chi connectivity index (χ1n) is 7.89. The van der Waals surface area contributed by atoms with Crippen molar-refractivity contribution in [1.29, 1.82) is 0 Å². The highest BCUT2D eigenvalue weighted by Crippen LogP contribution is 2.21. The summed E-state index contributed by atoms with van der Waals surface area (Å²) in [6.07, 6.45) is 0.913. The van der Waals surface area contributed by atoms with Gasteiger partial charge in [0.15, 0.2) is 6.67 Å². The molecule has 2 aromatic rings. The van der Waals surface area contributed by atoms with Gasteiger partial charge in [-0.2, -0.15) is 0 Å². The zero-order valence-electron chi connectivity index (χ0n) is 13.5. The third-order valence-corrected chi connectivity index (χ3v) is 4.51. The van der Waals surface area contributed by atoms with E-state index in [4.69, 9.17) is 0 Å². The minimum atomic E-state index is -0.183. The van der Waals surface area contributed by atoms with Gasteiger partial charge in [-0.1, -0.05) is 42.5 Å². The van der Waals surface area contributed by atoms with Crippen LogP contribution in [0.15, 0.2) is 54.6 Å². The number of quaternary nitrogens is 1. The number of rotatable bonds is 5. The van der Waals surface area contributed by atoms with Crippen LogP contribution < -0.4 is 4.90 Å². The fourth-order valence-corrected chi connectivity index (χ4v) is 2.93. The summed E-state index contributed by atoms with van der Waals surface area (Å²) in [6, 6.07) is 17.6. The van der Waals surface area contributed by atoms with Crippen LogP contribution in [0.4, 0.5) is 0 Å². The van der Waals surface area contributed by atoms with Crippen LogP contribution in [0.5, 0.6) is 0 Å². The normalized spacial score (nSPS) is 16.3. The number of hydrogen-bond donors (Lipinski definition) is 1. The minimum Gasteiger partial charge on any atom is -0.317 e. The van der Waals surface area contributed by atoms with Crippen molar-refractivity contribution in [3.8, 4) is 0 Å². The van der Waals surface area contributed by atoms with Gasteiger partial charge in [-0.3, -0.25) is 9.59 Å². The SMILES string of the molecule is C[C@@H](Cc1ccccc1)[NH+](C)CN1C(=O)c2ccccc2C1=O. The summed E-state index contributed by atoms with van der Waals surface area (Å²) in [5, 5.41) is 0. The summed E-state index contributed by atoms with van der Waals surface area (Å²) in [6.45, 7) is 2.53. The van der Waals surface area contributed by atoms with Gasteiger partial charge in [-0.05, 0) is 24.6 Å². The Morgan fingerprint density at radius 3 is 2.00 bits per heavy atom. The van der Waals surface area contributed by atoms with E-state index in [0.717, 1.165) is 11.3 Å². The fraction of sp³-hybridized carbons (Fsp3) is 0.263. The molecule has 4 nitrogen and oxygen atoms in total. The molecule has 1 heterocycles. The highest BCUT2D eigenvalue weighted by molar-refractivity contribution is 6.21. The number of amides is 2. The van der Waals surface area contributed by atoms with Crippen LogP contribution in [-0.2, 0) is 6.42 Å². The summed E-state index contributed by atoms with van der Waals surface area (Å²) in [4.78, 5) is 27.3. The van der Waals surface area contributed by atoms with Crippen molar-refractivity contribution in [2.75, 3.05) is 13.7 Å². The molecule has 0 bridgehead atoms. The molecular weight excluding hydrogens is 288 g/mol. The van der Waals surface area contributed by atoms with Crippen LogP contribution in [0.3, 0.4) is 0 Å². The smallest absolute Gasteiger partial charge is 0.265 e. The van der Waals surface area contributed by atoms with E-state index in [9.17, 15) is 9.59 Å². The lowest BCUT2D eigenvalue weighted by Gasteiger charge is -2.25. The van der Waals surface area contributed by atoms with Gasteiger partial charge in [0.2, 0.25) is 0 Å². The van der Waals surface area contributed by atoms with Crippen molar-refractivity contribution in [3.63, 3.8) is 0 Å². The van der Waals surface area contributed by atoms with Crippen molar-refractivity contribution >= 4 is 11.8 Å². The first-order valence-corrected chi connectivity index (χ1v) is 7.89. The Balaban J connectivity index is 1.68. The Labute approximate surface area is 136 Å². The Morgan fingerprint density at radius 2 is 1.43 bits per heavy atom. The number of imide groups is 1. The molecule has 0 saturated heterocycles. The largest absolute Gasteiger partial charge is 0.317 e. The number of fused-ring (bicyclic) bond motifs is 1. The van der Waals surface area contributed by atoms with Crippen LogP contribution in [0.2, 0.25) is 0 Å². The molecule has 3 rings (SSSR count). The van der Waals surface area contributed by atoms with E-state index < -0.39 is 0 Å². The number of carbonyl (C=O) groups is 2. The maximum absolute atomic E-state index is 12.4. The zero-order chi connectivity index (χ0) is 16.4. The maximum atomic E-state index is 12.4. The molecule has 1 unspecified atom stereocenters. The van der Waals surface area contributed by atoms with Crippen molar-refractivity contribution in [1.82, 2.24) is 4.90 Å². The molecule has 0 saturated carbocycles. The van der Waals surface area contributed by atoms with E-state index in [1.807, 2.05) is 25.2 Å². The Morgan fingerprint density at radius 1 is 0.913 bits per heavy atom. The van der Waals surface area contributed by atoms with Gasteiger partial charge in [-0.15, -0.1) is 0 Å². The topological polar surface area (TPSA) is 41.8 Å². The second-order valence-electron chi connectivity index (χ2n) is 6.18. The lowest BCUT2D eigenvalue weighted by molar-refractivity contribution is -0.910. The monoisotopic (exact) mass is 309 g/mol. The number of carbonyl (C=O) groups excluding carboxylic acids is 2. The van der Waals surface area contributed by atoms with E-state index in [2.05, 4.69) is 19.1 Å². The van der Waals surface area contributed by atoms with E-state index >= 15 is 0 Å². The van der Waals surface area contributed by atoms with Crippen LogP contribution in [0.1, 0.15) is 33.2 Å². The number of benzene rings is 2. The molecule has 2 aromatic carbocycles. The van der Waals surface area contributed by atoms with E-state index in [1.54, 1.807) is 24.3 Å². The fourth-order valence-electron chi connectivity index (χ4n) is 2.93. The molecule has 0 radical (unpaired) electrons. The minimum absolute atomic E-state index is 0.183.